The van der Waals surface area contributed by atoms with Crippen molar-refractivity contribution in [2.75, 3.05) is 19.6 Å². The van der Waals surface area contributed by atoms with Crippen molar-refractivity contribution in [3.05, 3.63) is 12.2 Å². The molecule has 1 atom stereocenters. The van der Waals surface area contributed by atoms with Gasteiger partial charge in [-0.15, -0.1) is 0 Å². The number of likely N-dealkylation sites (tertiary alicyclic amines) is 1. The van der Waals surface area contributed by atoms with E-state index in [1.165, 1.54) is 13.0 Å². The molecule has 0 N–H and O–H groups in total. The lowest BCUT2D eigenvalue weighted by Gasteiger charge is -2.13. The smallest absolute Gasteiger partial charge is 0.124 e. The normalized spacial score (nSPS) is 24.2. The van der Waals surface area contributed by atoms with Crippen LogP contribution in [0, 0.1) is 5.92 Å². The molecule has 1 saturated heterocycles. The number of rotatable bonds is 4. The predicted molar refractivity (Wildman–Crippen MR) is 50.0 cm³/mol. The standard InChI is InChI=1S/C10H17NO/c1-3-11-6-4-10(8-11)9(2)5-7-12/h7,10H,2-6,8H2,1H3. The first-order chi connectivity index (χ1) is 5.77. The minimum Gasteiger partial charge on any atom is -0.303 e. The van der Waals surface area contributed by atoms with E-state index in [0.29, 0.717) is 12.3 Å². The van der Waals surface area contributed by atoms with Crippen LogP contribution >= 0.6 is 0 Å². The maximum absolute atomic E-state index is 10.2. The summed E-state index contributed by atoms with van der Waals surface area (Å²) < 4.78 is 0. The second-order valence-electron chi connectivity index (χ2n) is 3.41. The van der Waals surface area contributed by atoms with Crippen molar-refractivity contribution in [3.8, 4) is 0 Å². The number of hydrogen-bond acceptors (Lipinski definition) is 2. The van der Waals surface area contributed by atoms with Gasteiger partial charge in [-0.3, -0.25) is 0 Å². The van der Waals surface area contributed by atoms with Crippen molar-refractivity contribution in [1.82, 2.24) is 4.90 Å². The Bertz CT molecular complexity index is 177. The second-order valence-corrected chi connectivity index (χ2v) is 3.41. The fraction of sp³-hybridized carbons (Fsp3) is 0.700. The molecule has 1 aliphatic rings. The van der Waals surface area contributed by atoms with Gasteiger partial charge >= 0.3 is 0 Å². The van der Waals surface area contributed by atoms with Crippen molar-refractivity contribution < 1.29 is 4.79 Å². The van der Waals surface area contributed by atoms with E-state index in [2.05, 4.69) is 18.4 Å². The summed E-state index contributed by atoms with van der Waals surface area (Å²) in [5.74, 6) is 0.565. The van der Waals surface area contributed by atoms with Crippen molar-refractivity contribution in [2.24, 2.45) is 5.92 Å². The summed E-state index contributed by atoms with van der Waals surface area (Å²) in [6, 6.07) is 0. The maximum atomic E-state index is 10.2. The maximum Gasteiger partial charge on any atom is 0.124 e. The average molecular weight is 167 g/mol. The van der Waals surface area contributed by atoms with Gasteiger partial charge in [0.25, 0.3) is 0 Å². The van der Waals surface area contributed by atoms with Crippen LogP contribution in [0.1, 0.15) is 19.8 Å². The average Bonchev–Trinajstić information content (AvgIpc) is 2.52. The molecule has 2 nitrogen and oxygen atoms in total. The first-order valence-corrected chi connectivity index (χ1v) is 4.61. The SMILES string of the molecule is C=C(CC=O)C1CCN(CC)C1. The molecule has 68 valence electrons. The topological polar surface area (TPSA) is 20.3 Å². The fourth-order valence-corrected chi connectivity index (χ4v) is 1.73. The molecule has 0 aromatic carbocycles. The first-order valence-electron chi connectivity index (χ1n) is 4.61. The lowest BCUT2D eigenvalue weighted by atomic mass is 9.98. The predicted octanol–water partition coefficient (Wildman–Crippen LogP) is 1.47. The third kappa shape index (κ3) is 2.18. The molecule has 1 rings (SSSR count). The van der Waals surface area contributed by atoms with Gasteiger partial charge in [0.2, 0.25) is 0 Å². The molecule has 12 heavy (non-hydrogen) atoms. The highest BCUT2D eigenvalue weighted by molar-refractivity contribution is 5.54. The van der Waals surface area contributed by atoms with Crippen LogP contribution < -0.4 is 0 Å². The van der Waals surface area contributed by atoms with E-state index in [-0.39, 0.29) is 0 Å². The fourth-order valence-electron chi connectivity index (χ4n) is 1.73. The first kappa shape index (κ1) is 9.46. The van der Waals surface area contributed by atoms with Gasteiger partial charge in [0.05, 0.1) is 0 Å². The number of carbonyl (C=O) groups is 1. The van der Waals surface area contributed by atoms with Crippen LogP contribution in [0.4, 0.5) is 0 Å². The van der Waals surface area contributed by atoms with Crippen molar-refractivity contribution in [2.45, 2.75) is 19.8 Å². The largest absolute Gasteiger partial charge is 0.303 e. The Labute approximate surface area is 74.2 Å². The Morgan fingerprint density at radius 3 is 3.00 bits per heavy atom. The Balaban J connectivity index is 2.35. The number of aldehydes is 1. The highest BCUT2D eigenvalue weighted by Crippen LogP contribution is 2.23. The summed E-state index contributed by atoms with van der Waals surface area (Å²) in [4.78, 5) is 12.7. The van der Waals surface area contributed by atoms with Gasteiger partial charge in [0.15, 0.2) is 0 Å². The summed E-state index contributed by atoms with van der Waals surface area (Å²) in [6.45, 7) is 9.49. The van der Waals surface area contributed by atoms with E-state index in [9.17, 15) is 4.79 Å². The lowest BCUT2D eigenvalue weighted by molar-refractivity contribution is -0.107. The minimum atomic E-state index is 0.544. The Kier molecular flexibility index (Phi) is 3.48. The zero-order valence-electron chi connectivity index (χ0n) is 7.75. The molecule has 1 heterocycles. The van der Waals surface area contributed by atoms with Crippen LogP contribution in [0.25, 0.3) is 0 Å². The third-order valence-electron chi connectivity index (χ3n) is 2.64. The van der Waals surface area contributed by atoms with Gasteiger partial charge in [0, 0.05) is 13.0 Å². The molecular weight excluding hydrogens is 150 g/mol. The summed E-state index contributed by atoms with van der Waals surface area (Å²) in [6.07, 6.45) is 2.68. The Morgan fingerprint density at radius 2 is 2.50 bits per heavy atom. The summed E-state index contributed by atoms with van der Waals surface area (Å²) >= 11 is 0. The number of nitrogens with zero attached hydrogens (tertiary/aromatic N) is 1. The van der Waals surface area contributed by atoms with Crippen LogP contribution in [0.5, 0.6) is 0 Å². The van der Waals surface area contributed by atoms with E-state index in [0.717, 1.165) is 24.9 Å². The second kappa shape index (κ2) is 4.41. The highest BCUT2D eigenvalue weighted by atomic mass is 16.1. The number of hydrogen-bond donors (Lipinski definition) is 0. The monoisotopic (exact) mass is 167 g/mol. The van der Waals surface area contributed by atoms with Crippen LogP contribution in [0.3, 0.4) is 0 Å². The van der Waals surface area contributed by atoms with E-state index in [4.69, 9.17) is 0 Å². The van der Waals surface area contributed by atoms with Gasteiger partial charge in [-0.2, -0.15) is 0 Å². The summed E-state index contributed by atoms with van der Waals surface area (Å²) in [5, 5.41) is 0. The quantitative estimate of drug-likeness (QED) is 0.467. The van der Waals surface area contributed by atoms with Gasteiger partial charge in [-0.1, -0.05) is 19.1 Å². The minimum absolute atomic E-state index is 0.544. The molecular formula is C10H17NO. The van der Waals surface area contributed by atoms with E-state index >= 15 is 0 Å². The van der Waals surface area contributed by atoms with Crippen LogP contribution in [0.2, 0.25) is 0 Å². The van der Waals surface area contributed by atoms with Crippen LogP contribution in [-0.4, -0.2) is 30.8 Å². The summed E-state index contributed by atoms with van der Waals surface area (Å²) in [7, 11) is 0. The summed E-state index contributed by atoms with van der Waals surface area (Å²) in [5.41, 5.74) is 1.11. The molecule has 0 saturated carbocycles. The molecule has 1 aliphatic heterocycles. The molecule has 0 aromatic rings. The van der Waals surface area contributed by atoms with Gasteiger partial charge in [0.1, 0.15) is 6.29 Å². The van der Waals surface area contributed by atoms with Gasteiger partial charge < -0.3 is 9.69 Å². The van der Waals surface area contributed by atoms with Crippen molar-refractivity contribution >= 4 is 6.29 Å². The van der Waals surface area contributed by atoms with E-state index in [1.807, 2.05) is 0 Å². The van der Waals surface area contributed by atoms with Crippen LogP contribution in [0.15, 0.2) is 12.2 Å². The Hall–Kier alpha value is -0.630. The molecule has 1 unspecified atom stereocenters. The number of carbonyl (C=O) groups excluding carboxylic acids is 1. The highest BCUT2D eigenvalue weighted by Gasteiger charge is 2.22. The van der Waals surface area contributed by atoms with Crippen molar-refractivity contribution in [1.29, 1.82) is 0 Å². The lowest BCUT2D eigenvalue weighted by Crippen LogP contribution is -2.20. The molecule has 0 aromatic heterocycles. The molecule has 0 spiro atoms. The molecule has 0 bridgehead atoms. The molecule has 0 amide bonds. The molecule has 0 radical (unpaired) electrons. The Morgan fingerprint density at radius 1 is 1.75 bits per heavy atom. The zero-order chi connectivity index (χ0) is 8.97. The molecule has 0 aliphatic carbocycles. The van der Waals surface area contributed by atoms with Crippen molar-refractivity contribution in [3.63, 3.8) is 0 Å². The van der Waals surface area contributed by atoms with Gasteiger partial charge in [-0.05, 0) is 25.4 Å². The third-order valence-corrected chi connectivity index (χ3v) is 2.64. The zero-order valence-corrected chi connectivity index (χ0v) is 7.75. The van der Waals surface area contributed by atoms with E-state index < -0.39 is 0 Å². The van der Waals surface area contributed by atoms with Gasteiger partial charge in [-0.25, -0.2) is 0 Å². The molecule has 2 heteroatoms. The van der Waals surface area contributed by atoms with E-state index in [1.54, 1.807) is 0 Å². The molecule has 1 fully saturated rings. The van der Waals surface area contributed by atoms with Crippen LogP contribution in [-0.2, 0) is 4.79 Å².